The highest BCUT2D eigenvalue weighted by molar-refractivity contribution is 6.46. The van der Waals surface area contributed by atoms with Crippen LogP contribution in [0.5, 0.6) is 0 Å². The molecule has 0 atom stereocenters. The summed E-state index contributed by atoms with van der Waals surface area (Å²) in [7, 11) is 0. The van der Waals surface area contributed by atoms with Gasteiger partial charge in [-0.25, -0.2) is 0 Å². The Balaban J connectivity index is 2.94. The monoisotopic (exact) mass is 190 g/mol. The number of carbonyl (C=O) groups is 2. The van der Waals surface area contributed by atoms with Gasteiger partial charge in [0, 0.05) is 6.08 Å². The highest BCUT2D eigenvalue weighted by Gasteiger charge is 2.20. The van der Waals surface area contributed by atoms with Gasteiger partial charge >= 0.3 is 5.71 Å². The molecule has 0 spiro atoms. The van der Waals surface area contributed by atoms with Gasteiger partial charge in [0.1, 0.15) is 0 Å². The molecule has 0 radical (unpaired) electrons. The van der Waals surface area contributed by atoms with Crippen LogP contribution in [0.1, 0.15) is 0 Å². The van der Waals surface area contributed by atoms with Crippen molar-refractivity contribution in [2.75, 3.05) is 0 Å². The second kappa shape index (κ2) is 4.11. The van der Waals surface area contributed by atoms with E-state index in [9.17, 15) is 14.7 Å². The van der Waals surface area contributed by atoms with Gasteiger partial charge in [-0.1, -0.05) is 12.2 Å². The standard InChI is InChI=1S/C9H6N2O3/c10-11-7-5-6(1-3-8(7)12)2-4-9(13)14/h1-5,10H/b4-2+. The van der Waals surface area contributed by atoms with Crippen LogP contribution in [0.3, 0.4) is 0 Å². The normalized spacial score (nSPS) is 15.6. The van der Waals surface area contributed by atoms with Gasteiger partial charge in [0.05, 0.1) is 16.3 Å². The average Bonchev–Trinajstić information content (AvgIpc) is 2.16. The third-order valence-corrected chi connectivity index (χ3v) is 1.52. The third kappa shape index (κ3) is 2.36. The minimum absolute atomic E-state index is 0.0227. The van der Waals surface area contributed by atoms with Crippen LogP contribution in [-0.4, -0.2) is 22.3 Å². The van der Waals surface area contributed by atoms with Crippen LogP contribution < -0.4 is 5.11 Å². The Hall–Kier alpha value is -2.26. The van der Waals surface area contributed by atoms with E-state index in [-0.39, 0.29) is 11.5 Å². The molecule has 5 nitrogen and oxygen atoms in total. The number of hydrogen-bond acceptors (Lipinski definition) is 4. The number of carboxylic acid groups (broad SMARTS) is 1. The van der Waals surface area contributed by atoms with E-state index in [1.54, 1.807) is 0 Å². The number of hydrogen-bond donors (Lipinski definition) is 1. The molecule has 0 aromatic carbocycles. The largest absolute Gasteiger partial charge is 0.545 e. The van der Waals surface area contributed by atoms with Crippen molar-refractivity contribution in [1.82, 2.24) is 0 Å². The van der Waals surface area contributed by atoms with E-state index in [2.05, 4.69) is 4.79 Å². The first-order chi connectivity index (χ1) is 6.63. The van der Waals surface area contributed by atoms with Crippen molar-refractivity contribution in [3.8, 4) is 0 Å². The van der Waals surface area contributed by atoms with Gasteiger partial charge in [-0.2, -0.15) is 0 Å². The molecular weight excluding hydrogens is 184 g/mol. The van der Waals surface area contributed by atoms with E-state index < -0.39 is 5.97 Å². The van der Waals surface area contributed by atoms with Crippen molar-refractivity contribution in [1.29, 1.82) is 5.53 Å². The maximum absolute atomic E-state index is 11.0. The predicted octanol–water partition coefficient (Wildman–Crippen LogP) is -0.962. The number of nitrogens with zero attached hydrogens (tertiary/aromatic N) is 1. The SMILES string of the molecule is N=[N+]=C1C=C(/C=C/C(=O)[O-])C=CC1=O. The molecule has 0 aromatic rings. The first-order valence-corrected chi connectivity index (χ1v) is 3.71. The summed E-state index contributed by atoms with van der Waals surface area (Å²) >= 11 is 0. The van der Waals surface area contributed by atoms with Gasteiger partial charge in [-0.05, 0) is 17.7 Å². The summed E-state index contributed by atoms with van der Waals surface area (Å²) < 4.78 is 0. The highest BCUT2D eigenvalue weighted by Crippen LogP contribution is 2.05. The minimum atomic E-state index is -1.32. The second-order valence-electron chi connectivity index (χ2n) is 2.49. The number of allylic oxidation sites excluding steroid dienone is 5. The molecule has 0 saturated carbocycles. The maximum atomic E-state index is 11.0. The van der Waals surface area contributed by atoms with Crippen LogP contribution in [-0.2, 0) is 9.59 Å². The summed E-state index contributed by atoms with van der Waals surface area (Å²) in [6.45, 7) is 0. The number of ketones is 1. The lowest BCUT2D eigenvalue weighted by molar-refractivity contribution is -0.297. The predicted molar refractivity (Wildman–Crippen MR) is 44.4 cm³/mol. The molecule has 1 aliphatic carbocycles. The highest BCUT2D eigenvalue weighted by atomic mass is 16.4. The van der Waals surface area contributed by atoms with Crippen molar-refractivity contribution < 1.29 is 19.5 Å². The van der Waals surface area contributed by atoms with E-state index in [4.69, 9.17) is 5.53 Å². The summed E-state index contributed by atoms with van der Waals surface area (Å²) in [6, 6.07) is 0. The van der Waals surface area contributed by atoms with E-state index in [1.165, 1.54) is 24.3 Å². The lowest BCUT2D eigenvalue weighted by Gasteiger charge is -1.96. The maximum Gasteiger partial charge on any atom is 0.411 e. The van der Waals surface area contributed by atoms with Gasteiger partial charge < -0.3 is 9.90 Å². The molecule has 0 unspecified atom stereocenters. The second-order valence-corrected chi connectivity index (χ2v) is 2.49. The van der Waals surface area contributed by atoms with Gasteiger partial charge in [-0.3, -0.25) is 4.79 Å². The van der Waals surface area contributed by atoms with Crippen LogP contribution in [0.2, 0.25) is 0 Å². The molecule has 5 heteroatoms. The molecule has 0 heterocycles. The Bertz CT molecular complexity index is 423. The smallest absolute Gasteiger partial charge is 0.411 e. The zero-order valence-electron chi connectivity index (χ0n) is 7.06. The molecule has 70 valence electrons. The summed E-state index contributed by atoms with van der Waals surface area (Å²) in [5.74, 6) is -1.69. The number of nitrogens with one attached hydrogen (secondary N) is 1. The Morgan fingerprint density at radius 1 is 1.50 bits per heavy atom. The average molecular weight is 190 g/mol. The van der Waals surface area contributed by atoms with Crippen molar-refractivity contribution in [3.05, 3.63) is 36.0 Å². The zero-order chi connectivity index (χ0) is 10.6. The van der Waals surface area contributed by atoms with Crippen molar-refractivity contribution in [2.24, 2.45) is 0 Å². The molecule has 1 aliphatic rings. The van der Waals surface area contributed by atoms with Gasteiger partial charge in [0.15, 0.2) is 0 Å². The summed E-state index contributed by atoms with van der Waals surface area (Å²) in [6.07, 6.45) is 6.10. The number of aliphatic carboxylic acids is 1. The lowest BCUT2D eigenvalue weighted by atomic mass is 10.0. The van der Waals surface area contributed by atoms with Crippen molar-refractivity contribution in [3.63, 3.8) is 0 Å². The van der Waals surface area contributed by atoms with Crippen LogP contribution in [0, 0.1) is 5.53 Å². The molecule has 0 fully saturated rings. The Morgan fingerprint density at radius 2 is 2.21 bits per heavy atom. The zero-order valence-corrected chi connectivity index (χ0v) is 7.06. The topological polar surface area (TPSA) is 95.2 Å². The fourth-order valence-electron chi connectivity index (χ4n) is 0.890. The number of carboxylic acids is 1. The van der Waals surface area contributed by atoms with Gasteiger partial charge in [0.25, 0.3) is 5.78 Å². The van der Waals surface area contributed by atoms with E-state index >= 15 is 0 Å². The Kier molecular flexibility index (Phi) is 2.89. The first kappa shape index (κ1) is 9.83. The van der Waals surface area contributed by atoms with Gasteiger partial charge in [0.2, 0.25) is 0 Å². The summed E-state index contributed by atoms with van der Waals surface area (Å²) in [5.41, 5.74) is 7.13. The molecular formula is C9H6N2O3. The molecule has 0 saturated heterocycles. The molecule has 1 N–H and O–H groups in total. The van der Waals surface area contributed by atoms with E-state index in [0.717, 1.165) is 6.08 Å². The van der Waals surface area contributed by atoms with Crippen molar-refractivity contribution >= 4 is 17.5 Å². The fourth-order valence-corrected chi connectivity index (χ4v) is 0.890. The molecule has 0 aromatic heterocycles. The fraction of sp³-hybridized carbons (Fsp3) is 0. The minimum Gasteiger partial charge on any atom is -0.545 e. The quantitative estimate of drug-likeness (QED) is 0.263. The van der Waals surface area contributed by atoms with Crippen LogP contribution in [0.25, 0.3) is 0 Å². The summed E-state index contributed by atoms with van der Waals surface area (Å²) in [4.78, 5) is 24.0. The molecule has 14 heavy (non-hydrogen) atoms. The molecule has 0 bridgehead atoms. The van der Waals surface area contributed by atoms with Crippen molar-refractivity contribution in [2.45, 2.75) is 0 Å². The van der Waals surface area contributed by atoms with E-state index in [1.807, 2.05) is 0 Å². The van der Waals surface area contributed by atoms with Crippen LogP contribution in [0.4, 0.5) is 0 Å². The molecule has 0 amide bonds. The number of carbonyl (C=O) groups excluding carboxylic acids is 2. The van der Waals surface area contributed by atoms with Crippen LogP contribution >= 0.6 is 0 Å². The van der Waals surface area contributed by atoms with Crippen LogP contribution in [0.15, 0.2) is 36.0 Å². The van der Waals surface area contributed by atoms with Gasteiger partial charge in [-0.15, -0.1) is 0 Å². The summed E-state index contributed by atoms with van der Waals surface area (Å²) in [5, 5.41) is 10.1. The Morgan fingerprint density at radius 3 is 2.79 bits per heavy atom. The van der Waals surface area contributed by atoms with E-state index in [0.29, 0.717) is 5.57 Å². The number of rotatable bonds is 2. The third-order valence-electron chi connectivity index (χ3n) is 1.52. The molecule has 0 aliphatic heterocycles. The first-order valence-electron chi connectivity index (χ1n) is 3.71. The molecule has 1 rings (SSSR count). The Labute approximate surface area is 79.3 Å². The lowest BCUT2D eigenvalue weighted by Crippen LogP contribution is -2.19.